The molecule has 2 N–H and O–H groups in total. The zero-order valence-electron chi connectivity index (χ0n) is 17.0. The molecule has 152 valence electrons. The summed E-state index contributed by atoms with van der Waals surface area (Å²) in [5.74, 6) is 2.37. The van der Waals surface area contributed by atoms with Gasteiger partial charge in [-0.3, -0.25) is 4.79 Å². The molecule has 0 aromatic heterocycles. The van der Waals surface area contributed by atoms with Gasteiger partial charge in [0.1, 0.15) is 12.4 Å². The summed E-state index contributed by atoms with van der Waals surface area (Å²) in [5.41, 5.74) is 2.12. The Bertz CT molecular complexity index is 609. The quantitative estimate of drug-likeness (QED) is 0.335. The molecule has 0 aliphatic rings. The van der Waals surface area contributed by atoms with Crippen molar-refractivity contribution in [2.75, 3.05) is 59.5 Å². The van der Waals surface area contributed by atoms with Crippen LogP contribution in [0.2, 0.25) is 0 Å². The van der Waals surface area contributed by atoms with Crippen LogP contribution in [0.4, 0.5) is 0 Å². The summed E-state index contributed by atoms with van der Waals surface area (Å²) in [6.07, 6.45) is 2.05. The molecule has 0 fully saturated rings. The van der Waals surface area contributed by atoms with E-state index in [0.717, 1.165) is 29.2 Å². The summed E-state index contributed by atoms with van der Waals surface area (Å²) >= 11 is 1.75. The number of likely N-dealkylation sites (N-methyl/N-ethyl adjacent to an activating group) is 1. The summed E-state index contributed by atoms with van der Waals surface area (Å²) in [6.45, 7) is 4.47. The first-order chi connectivity index (χ1) is 13.0. The number of aliphatic imine (C=N–C) groups is 1. The Balaban J connectivity index is 2.81. The second-order valence-electron chi connectivity index (χ2n) is 6.18. The van der Waals surface area contributed by atoms with Gasteiger partial charge in [0, 0.05) is 39.1 Å². The van der Waals surface area contributed by atoms with E-state index in [1.54, 1.807) is 37.9 Å². The van der Waals surface area contributed by atoms with Crippen molar-refractivity contribution in [2.24, 2.45) is 4.99 Å². The number of guanidine groups is 1. The maximum atomic E-state index is 11.8. The minimum absolute atomic E-state index is 0.00621. The van der Waals surface area contributed by atoms with Crippen LogP contribution in [-0.2, 0) is 16.1 Å². The van der Waals surface area contributed by atoms with Crippen molar-refractivity contribution in [3.63, 3.8) is 0 Å². The van der Waals surface area contributed by atoms with Crippen LogP contribution in [-0.4, -0.2) is 76.3 Å². The van der Waals surface area contributed by atoms with Crippen LogP contribution in [0.3, 0.4) is 0 Å². The minimum Gasteiger partial charge on any atom is -0.491 e. The number of nitrogens with one attached hydrogen (secondary N) is 2. The Morgan fingerprint density at radius 1 is 1.26 bits per heavy atom. The van der Waals surface area contributed by atoms with E-state index in [4.69, 9.17) is 9.47 Å². The maximum Gasteiger partial charge on any atom is 0.241 e. The molecular formula is C19H32N4O3S. The Hall–Kier alpha value is -1.93. The molecule has 0 spiro atoms. The van der Waals surface area contributed by atoms with E-state index >= 15 is 0 Å². The Labute approximate surface area is 166 Å². The lowest BCUT2D eigenvalue weighted by atomic mass is 10.1. The third kappa shape index (κ3) is 9.53. The predicted molar refractivity (Wildman–Crippen MR) is 113 cm³/mol. The molecule has 0 aliphatic carbocycles. The molecular weight excluding hydrogens is 364 g/mol. The fourth-order valence-electron chi connectivity index (χ4n) is 2.09. The van der Waals surface area contributed by atoms with Crippen molar-refractivity contribution >= 4 is 23.6 Å². The first-order valence-corrected chi connectivity index (χ1v) is 10.3. The second kappa shape index (κ2) is 13.3. The lowest BCUT2D eigenvalue weighted by molar-refractivity contribution is -0.127. The zero-order chi connectivity index (χ0) is 20.1. The van der Waals surface area contributed by atoms with E-state index in [1.807, 2.05) is 25.1 Å². The van der Waals surface area contributed by atoms with Crippen LogP contribution >= 0.6 is 11.8 Å². The van der Waals surface area contributed by atoms with Gasteiger partial charge in [-0.25, -0.2) is 4.99 Å². The molecule has 0 unspecified atom stereocenters. The number of carbonyl (C=O) groups is 1. The molecule has 0 saturated heterocycles. The summed E-state index contributed by atoms with van der Waals surface area (Å²) in [5, 5.41) is 6.35. The highest BCUT2D eigenvalue weighted by molar-refractivity contribution is 7.98. The van der Waals surface area contributed by atoms with Crippen molar-refractivity contribution in [3.8, 4) is 5.75 Å². The molecule has 8 heteroatoms. The number of amides is 1. The molecule has 1 rings (SSSR count). The molecule has 0 bridgehead atoms. The normalized spacial score (nSPS) is 11.2. The van der Waals surface area contributed by atoms with Crippen LogP contribution in [0.1, 0.15) is 11.1 Å². The smallest absolute Gasteiger partial charge is 0.241 e. The summed E-state index contributed by atoms with van der Waals surface area (Å²) in [4.78, 5) is 18.0. The Morgan fingerprint density at radius 3 is 2.70 bits per heavy atom. The van der Waals surface area contributed by atoms with Crippen molar-refractivity contribution in [1.29, 1.82) is 0 Å². The van der Waals surface area contributed by atoms with E-state index in [9.17, 15) is 4.79 Å². The van der Waals surface area contributed by atoms with Gasteiger partial charge in [-0.2, -0.15) is 11.8 Å². The second-order valence-corrected chi connectivity index (χ2v) is 7.16. The lowest BCUT2D eigenvalue weighted by Crippen LogP contribution is -2.43. The number of carbonyl (C=O) groups excluding carboxylic acids is 1. The van der Waals surface area contributed by atoms with Crippen molar-refractivity contribution in [1.82, 2.24) is 15.5 Å². The number of ether oxygens (including phenoxy) is 2. The average Bonchev–Trinajstić information content (AvgIpc) is 2.64. The first kappa shape index (κ1) is 23.1. The largest absolute Gasteiger partial charge is 0.491 e. The maximum absolute atomic E-state index is 11.8. The number of hydrogen-bond acceptors (Lipinski definition) is 5. The predicted octanol–water partition coefficient (Wildman–Crippen LogP) is 1.51. The van der Waals surface area contributed by atoms with Gasteiger partial charge < -0.3 is 25.0 Å². The molecule has 0 heterocycles. The van der Waals surface area contributed by atoms with E-state index in [0.29, 0.717) is 25.7 Å². The van der Waals surface area contributed by atoms with Gasteiger partial charge in [0.15, 0.2) is 5.96 Å². The number of aryl methyl sites for hydroxylation is 1. The summed E-state index contributed by atoms with van der Waals surface area (Å²) in [7, 11) is 5.12. The standard InChI is InChI=1S/C19H32N4O3S/c1-15-6-7-16(17(12-15)26-10-9-25-4)13-21-19(20-8-11-27-5)22-14-18(24)23(2)3/h6-7,12H,8-11,13-14H2,1-5H3,(H2,20,21,22). The highest BCUT2D eigenvalue weighted by Gasteiger charge is 2.08. The molecule has 0 saturated carbocycles. The average molecular weight is 397 g/mol. The molecule has 0 radical (unpaired) electrons. The van der Waals surface area contributed by atoms with E-state index < -0.39 is 0 Å². The highest BCUT2D eigenvalue weighted by atomic mass is 32.2. The molecule has 27 heavy (non-hydrogen) atoms. The van der Waals surface area contributed by atoms with Gasteiger partial charge in [0.2, 0.25) is 5.91 Å². The summed E-state index contributed by atoms with van der Waals surface area (Å²) < 4.78 is 10.9. The molecule has 0 atom stereocenters. The summed E-state index contributed by atoms with van der Waals surface area (Å²) in [6, 6.07) is 6.06. The number of thioether (sulfide) groups is 1. The third-order valence-electron chi connectivity index (χ3n) is 3.68. The number of rotatable bonds is 11. The fourth-order valence-corrected chi connectivity index (χ4v) is 2.40. The van der Waals surface area contributed by atoms with Crippen LogP contribution in [0.15, 0.2) is 23.2 Å². The van der Waals surface area contributed by atoms with Gasteiger partial charge in [0.05, 0.1) is 19.7 Å². The van der Waals surface area contributed by atoms with E-state index in [-0.39, 0.29) is 12.5 Å². The number of nitrogens with zero attached hydrogens (tertiary/aromatic N) is 2. The molecule has 1 amide bonds. The molecule has 0 aliphatic heterocycles. The highest BCUT2D eigenvalue weighted by Crippen LogP contribution is 2.21. The van der Waals surface area contributed by atoms with Gasteiger partial charge in [0.25, 0.3) is 0 Å². The van der Waals surface area contributed by atoms with Crippen molar-refractivity contribution in [3.05, 3.63) is 29.3 Å². The SMILES string of the molecule is COCCOc1cc(C)ccc1CN=C(NCCSC)NCC(=O)N(C)C. The number of benzene rings is 1. The van der Waals surface area contributed by atoms with Crippen molar-refractivity contribution in [2.45, 2.75) is 13.5 Å². The van der Waals surface area contributed by atoms with Gasteiger partial charge in [-0.1, -0.05) is 12.1 Å². The monoisotopic (exact) mass is 396 g/mol. The number of hydrogen-bond donors (Lipinski definition) is 2. The van der Waals surface area contributed by atoms with Gasteiger partial charge in [-0.05, 0) is 24.8 Å². The van der Waals surface area contributed by atoms with Crippen LogP contribution in [0.5, 0.6) is 5.75 Å². The van der Waals surface area contributed by atoms with E-state index in [2.05, 4.69) is 21.9 Å². The van der Waals surface area contributed by atoms with Crippen LogP contribution in [0.25, 0.3) is 0 Å². The number of methoxy groups -OCH3 is 1. The zero-order valence-corrected chi connectivity index (χ0v) is 17.8. The third-order valence-corrected chi connectivity index (χ3v) is 4.29. The van der Waals surface area contributed by atoms with Gasteiger partial charge in [-0.15, -0.1) is 0 Å². The molecule has 1 aromatic carbocycles. The molecule has 1 aromatic rings. The van der Waals surface area contributed by atoms with E-state index in [1.165, 1.54) is 0 Å². The van der Waals surface area contributed by atoms with Gasteiger partial charge >= 0.3 is 0 Å². The van der Waals surface area contributed by atoms with Crippen LogP contribution < -0.4 is 15.4 Å². The fraction of sp³-hybridized carbons (Fsp3) is 0.579. The Kier molecular flexibility index (Phi) is 11.4. The van der Waals surface area contributed by atoms with Crippen LogP contribution in [0, 0.1) is 6.92 Å². The molecule has 7 nitrogen and oxygen atoms in total. The topological polar surface area (TPSA) is 75.2 Å². The first-order valence-electron chi connectivity index (χ1n) is 8.90. The lowest BCUT2D eigenvalue weighted by Gasteiger charge is -2.15. The minimum atomic E-state index is -0.00621. The Morgan fingerprint density at radius 2 is 2.04 bits per heavy atom. The van der Waals surface area contributed by atoms with Crippen molar-refractivity contribution < 1.29 is 14.3 Å².